The van der Waals surface area contributed by atoms with Gasteiger partial charge >= 0.3 is 0 Å². The third-order valence-electron chi connectivity index (χ3n) is 10.6. The van der Waals surface area contributed by atoms with E-state index in [1.807, 2.05) is 28.8 Å². The molecule has 7 heterocycles. The Balaban J connectivity index is 1.04. The summed E-state index contributed by atoms with van der Waals surface area (Å²) in [7, 11) is 1.74. The van der Waals surface area contributed by atoms with Crippen LogP contribution in [0.15, 0.2) is 54.3 Å². The van der Waals surface area contributed by atoms with Gasteiger partial charge in [-0.05, 0) is 48.1 Å². The first-order valence-corrected chi connectivity index (χ1v) is 17.2. The average molecular weight is 681 g/mol. The second-order valence-electron chi connectivity index (χ2n) is 14.5. The second-order valence-corrected chi connectivity index (χ2v) is 14.5. The molecule has 2 fully saturated rings. The van der Waals surface area contributed by atoms with E-state index >= 15 is 4.39 Å². The monoisotopic (exact) mass is 680 g/mol. The quantitative estimate of drug-likeness (QED) is 0.360. The van der Waals surface area contributed by atoms with Crippen molar-refractivity contribution in [1.29, 1.82) is 0 Å². The molecule has 3 aromatic rings. The topological polar surface area (TPSA) is 119 Å². The Morgan fingerprint density at radius 1 is 1.08 bits per heavy atom. The van der Waals surface area contributed by atoms with Crippen LogP contribution in [-0.4, -0.2) is 100 Å². The molecular formula is C37H41FN8O4. The molecule has 8 rings (SSSR count). The number of carbonyl (C=O) groups is 1. The van der Waals surface area contributed by atoms with Gasteiger partial charge in [0.2, 0.25) is 0 Å². The van der Waals surface area contributed by atoms with Crippen LogP contribution >= 0.6 is 0 Å². The summed E-state index contributed by atoms with van der Waals surface area (Å²) in [6.45, 7) is 9.99. The highest BCUT2D eigenvalue weighted by atomic mass is 19.1. The van der Waals surface area contributed by atoms with E-state index in [9.17, 15) is 14.7 Å². The van der Waals surface area contributed by atoms with Gasteiger partial charge in [-0.15, -0.1) is 0 Å². The molecular weight excluding hydrogens is 639 g/mol. The molecule has 0 unspecified atom stereocenters. The Bertz CT molecular complexity index is 1970. The van der Waals surface area contributed by atoms with Crippen LogP contribution in [0.5, 0.6) is 0 Å². The number of piperazine rings is 1. The molecule has 4 aliphatic heterocycles. The minimum absolute atomic E-state index is 0.0461. The van der Waals surface area contributed by atoms with E-state index in [0.717, 1.165) is 57.2 Å². The van der Waals surface area contributed by atoms with Crippen LogP contribution in [0.2, 0.25) is 0 Å². The minimum atomic E-state index is -0.469. The lowest BCUT2D eigenvalue weighted by Crippen LogP contribution is -2.56. The number of carbonyl (C=O) groups excluding carboxylic acids is 2. The first-order chi connectivity index (χ1) is 24.2. The van der Waals surface area contributed by atoms with Crippen LogP contribution in [0, 0.1) is 11.2 Å². The van der Waals surface area contributed by atoms with Crippen molar-refractivity contribution < 1.29 is 23.8 Å². The Morgan fingerprint density at radius 2 is 1.88 bits per heavy atom. The Hall–Kier alpha value is -4.81. The van der Waals surface area contributed by atoms with E-state index in [1.165, 1.54) is 4.90 Å². The van der Waals surface area contributed by atoms with Crippen molar-refractivity contribution in [1.82, 2.24) is 24.3 Å². The first kappa shape index (κ1) is 32.4. The fourth-order valence-corrected chi connectivity index (χ4v) is 7.95. The van der Waals surface area contributed by atoms with E-state index in [0.29, 0.717) is 59.3 Å². The fraction of sp³-hybridized carbons (Fsp3) is 0.432. The maximum absolute atomic E-state index is 15.7. The summed E-state index contributed by atoms with van der Waals surface area (Å²) in [5, 5.41) is 14.0. The van der Waals surface area contributed by atoms with Gasteiger partial charge in [-0.2, -0.15) is 0 Å². The van der Waals surface area contributed by atoms with Crippen LogP contribution in [0.4, 0.5) is 21.7 Å². The zero-order chi connectivity index (χ0) is 34.7. The highest BCUT2D eigenvalue weighted by molar-refractivity contribution is 6.06. The first-order valence-electron chi connectivity index (χ1n) is 17.2. The van der Waals surface area contributed by atoms with Crippen molar-refractivity contribution in [2.45, 2.75) is 45.9 Å². The standard InChI is InChI=1S/C37H41FN8O4/c1-37(2)15-27-30(16-37)45-12-13-46(36(49)34(45)33(27)38)35-28(19-47)26(6-7-39-35)23-14-29(31(20-48)42(3)18-23)41-32-5-4-24(17-40-32)43-8-10-44(11-9-43)25-21-50-22-25/h4-7,14,17-18,25,47H,8-13,15-16,19,21-22H2,1-3H3,(H,40,41). The summed E-state index contributed by atoms with van der Waals surface area (Å²) in [5.74, 6) is 1.95. The van der Waals surface area contributed by atoms with Gasteiger partial charge in [-0.3, -0.25) is 14.6 Å². The SMILES string of the molecule is CN1C=C(c2ccnc(N3CCn4c5c(c(F)c4C3=O)CC(C)(C)C5)c2CO)C=C(Nc2ccc(N3CCN(C4COC4)CC3)cn2)C1=C=O. The van der Waals surface area contributed by atoms with E-state index in [2.05, 4.69) is 38.9 Å². The number of aliphatic hydroxyl groups excluding tert-OH is 1. The van der Waals surface area contributed by atoms with Crippen LogP contribution in [0.1, 0.15) is 46.7 Å². The number of halogens is 1. The van der Waals surface area contributed by atoms with Gasteiger partial charge in [-0.1, -0.05) is 13.8 Å². The van der Waals surface area contributed by atoms with E-state index in [4.69, 9.17) is 4.74 Å². The summed E-state index contributed by atoms with van der Waals surface area (Å²) in [5.41, 5.74) is 5.07. The number of aliphatic hydroxyl groups is 1. The lowest BCUT2D eigenvalue weighted by Gasteiger charge is -2.43. The molecule has 13 heteroatoms. The number of nitrogens with one attached hydrogen (secondary N) is 1. The molecule has 2 N–H and O–H groups in total. The number of likely N-dealkylation sites (N-methyl/N-ethyl adjacent to an activating group) is 1. The fourth-order valence-electron chi connectivity index (χ4n) is 7.95. The van der Waals surface area contributed by atoms with Gasteiger partial charge in [0.05, 0.1) is 43.4 Å². The molecule has 0 spiro atoms. The maximum Gasteiger partial charge on any atom is 0.279 e. The molecule has 1 amide bonds. The average Bonchev–Trinajstić information content (AvgIpc) is 3.54. The maximum atomic E-state index is 15.7. The van der Waals surface area contributed by atoms with Crippen LogP contribution < -0.4 is 15.1 Å². The van der Waals surface area contributed by atoms with Gasteiger partial charge in [0.1, 0.15) is 23.0 Å². The van der Waals surface area contributed by atoms with Crippen molar-refractivity contribution in [2.24, 2.45) is 5.41 Å². The largest absolute Gasteiger partial charge is 0.392 e. The molecule has 0 saturated carbocycles. The van der Waals surface area contributed by atoms with Gasteiger partial charge in [0.25, 0.3) is 5.91 Å². The van der Waals surface area contributed by atoms with E-state index in [-0.39, 0.29) is 22.6 Å². The minimum Gasteiger partial charge on any atom is -0.392 e. The van der Waals surface area contributed by atoms with Crippen molar-refractivity contribution >= 4 is 34.7 Å². The lowest BCUT2D eigenvalue weighted by atomic mass is 9.90. The van der Waals surface area contributed by atoms with Gasteiger partial charge in [0.15, 0.2) is 11.8 Å². The van der Waals surface area contributed by atoms with Crippen molar-refractivity contribution in [3.8, 4) is 0 Å². The molecule has 0 aromatic carbocycles. The normalized spacial score (nSPS) is 20.6. The van der Waals surface area contributed by atoms with Crippen LogP contribution in [0.3, 0.4) is 0 Å². The molecule has 260 valence electrons. The number of hydrogen-bond acceptors (Lipinski definition) is 10. The van der Waals surface area contributed by atoms with Crippen LogP contribution in [0.25, 0.3) is 5.57 Å². The highest BCUT2D eigenvalue weighted by Gasteiger charge is 2.41. The molecule has 2 saturated heterocycles. The molecule has 1 aliphatic carbocycles. The Labute approximate surface area is 290 Å². The predicted octanol–water partition coefficient (Wildman–Crippen LogP) is 3.21. The smallest absolute Gasteiger partial charge is 0.279 e. The highest BCUT2D eigenvalue weighted by Crippen LogP contribution is 2.42. The number of amides is 1. The Kier molecular flexibility index (Phi) is 8.10. The summed E-state index contributed by atoms with van der Waals surface area (Å²) in [6, 6.07) is 6.21. The van der Waals surface area contributed by atoms with Gasteiger partial charge in [-0.25, -0.2) is 19.2 Å². The molecule has 3 aromatic heterocycles. The molecule has 0 radical (unpaired) electrons. The van der Waals surface area contributed by atoms with E-state index in [1.54, 1.807) is 36.5 Å². The predicted molar refractivity (Wildman–Crippen MR) is 187 cm³/mol. The van der Waals surface area contributed by atoms with Crippen molar-refractivity contribution in [3.63, 3.8) is 0 Å². The molecule has 12 nitrogen and oxygen atoms in total. The van der Waals surface area contributed by atoms with Crippen LogP contribution in [-0.2, 0) is 35.5 Å². The molecule has 0 bridgehead atoms. The molecule has 0 atom stereocenters. The number of ether oxygens (including phenoxy) is 1. The van der Waals surface area contributed by atoms with Gasteiger partial charge in [0, 0.05) is 81.1 Å². The summed E-state index contributed by atoms with van der Waals surface area (Å²) >= 11 is 0. The zero-order valence-electron chi connectivity index (χ0n) is 28.6. The number of hydrogen-bond donors (Lipinski definition) is 2. The van der Waals surface area contributed by atoms with E-state index < -0.39 is 18.3 Å². The number of nitrogens with zero attached hydrogens (tertiary/aromatic N) is 7. The summed E-state index contributed by atoms with van der Waals surface area (Å²) in [4.78, 5) is 43.1. The number of rotatable bonds is 7. The number of pyridine rings is 2. The van der Waals surface area contributed by atoms with Gasteiger partial charge < -0.3 is 29.5 Å². The second kappa shape index (κ2) is 12.5. The third kappa shape index (κ3) is 5.50. The van der Waals surface area contributed by atoms with Crippen molar-refractivity contribution in [3.05, 3.63) is 88.2 Å². The third-order valence-corrected chi connectivity index (χ3v) is 10.6. The molecule has 50 heavy (non-hydrogen) atoms. The number of fused-ring (bicyclic) bond motifs is 3. The number of allylic oxidation sites excluding steroid dienone is 2. The lowest BCUT2D eigenvalue weighted by molar-refractivity contribution is -0.0660. The Morgan fingerprint density at radius 3 is 2.56 bits per heavy atom. The number of anilines is 3. The number of aromatic nitrogens is 3. The van der Waals surface area contributed by atoms with Crippen molar-refractivity contribution in [2.75, 3.05) is 68.1 Å². The zero-order valence-corrected chi connectivity index (χ0v) is 28.6. The summed E-state index contributed by atoms with van der Waals surface area (Å²) < 4.78 is 22.9. The molecule has 5 aliphatic rings. The summed E-state index contributed by atoms with van der Waals surface area (Å²) in [6.07, 6.45) is 8.29.